The number of ether oxygens (including phenoxy) is 2. The molecule has 0 radical (unpaired) electrons. The number of hydrogen-bond donors (Lipinski definition) is 0. The maximum absolute atomic E-state index is 13.8. The van der Waals surface area contributed by atoms with Gasteiger partial charge in [0.2, 0.25) is 0 Å². The smallest absolute Gasteiger partial charge is 0.294 e. The molecule has 42 heavy (non-hydrogen) atoms. The van der Waals surface area contributed by atoms with Crippen molar-refractivity contribution in [2.75, 3.05) is 43.1 Å². The first-order chi connectivity index (χ1) is 20.5. The minimum absolute atomic E-state index is 0.0333. The number of fused-ring (bicyclic) bond motifs is 1. The second kappa shape index (κ2) is 11.8. The van der Waals surface area contributed by atoms with Gasteiger partial charge in [-0.25, -0.2) is 4.39 Å². The molecular formula is C34H30FN3O4. The van der Waals surface area contributed by atoms with Crippen LogP contribution in [0.1, 0.15) is 21.5 Å². The molecule has 0 saturated carbocycles. The molecule has 2 heterocycles. The van der Waals surface area contributed by atoms with Gasteiger partial charge in [0.25, 0.3) is 11.8 Å². The second-order valence-corrected chi connectivity index (χ2v) is 10.2. The van der Waals surface area contributed by atoms with Crippen molar-refractivity contribution in [3.8, 4) is 11.5 Å². The van der Waals surface area contributed by atoms with E-state index >= 15 is 0 Å². The molecular weight excluding hydrogens is 533 g/mol. The highest BCUT2D eigenvalue weighted by Gasteiger charge is 2.30. The Morgan fingerprint density at radius 3 is 2.33 bits per heavy atom. The molecule has 2 aliphatic rings. The number of halogens is 1. The maximum atomic E-state index is 13.8. The zero-order valence-electron chi connectivity index (χ0n) is 23.2. The summed E-state index contributed by atoms with van der Waals surface area (Å²) in [7, 11) is 1.66. The molecule has 7 nitrogen and oxygen atoms in total. The summed E-state index contributed by atoms with van der Waals surface area (Å²) in [5.74, 6) is 0.795. The fraction of sp³-hybridized carbons (Fsp3) is 0.176. The number of carbonyl (C=O) groups is 2. The van der Waals surface area contributed by atoms with Gasteiger partial charge < -0.3 is 19.3 Å². The van der Waals surface area contributed by atoms with Crippen LogP contribution in [-0.2, 0) is 11.3 Å². The molecule has 0 atom stereocenters. The lowest BCUT2D eigenvalue weighted by atomic mass is 10.1. The monoisotopic (exact) mass is 563 g/mol. The lowest BCUT2D eigenvalue weighted by Crippen LogP contribution is -2.48. The molecule has 0 aromatic heterocycles. The predicted octanol–water partition coefficient (Wildman–Crippen LogP) is 5.76. The third-order valence-corrected chi connectivity index (χ3v) is 7.51. The molecule has 0 aliphatic carbocycles. The Kier molecular flexibility index (Phi) is 7.60. The van der Waals surface area contributed by atoms with Crippen LogP contribution in [0.25, 0.3) is 6.08 Å². The lowest BCUT2D eigenvalue weighted by molar-refractivity contribution is -0.117. The molecule has 2 amide bonds. The highest BCUT2D eigenvalue weighted by molar-refractivity contribution is 6.09. The van der Waals surface area contributed by atoms with Crippen molar-refractivity contribution in [2.45, 2.75) is 6.54 Å². The third kappa shape index (κ3) is 5.56. The Labute approximate surface area is 244 Å². The van der Waals surface area contributed by atoms with Gasteiger partial charge in [0.1, 0.15) is 11.6 Å². The standard InChI is InChI=1S/C34H30FN3O4/c1-41-30-11-4-2-9-28(30)36-17-19-37(20-18-36)33(39)26-15-13-24(14-16-26)22-32-34(40)38(23-25-7-6-8-27(35)21-25)29-10-3-5-12-31(29)42-32/h2-16,21-22H,17-20,23H2,1H3/b32-22-. The normalized spacial score (nSPS) is 15.8. The fourth-order valence-corrected chi connectivity index (χ4v) is 5.33. The fourth-order valence-electron chi connectivity index (χ4n) is 5.33. The average Bonchev–Trinajstić information content (AvgIpc) is 3.03. The molecule has 212 valence electrons. The van der Waals surface area contributed by atoms with E-state index in [1.165, 1.54) is 12.1 Å². The van der Waals surface area contributed by atoms with Crippen molar-refractivity contribution in [1.82, 2.24) is 4.90 Å². The summed E-state index contributed by atoms with van der Waals surface area (Å²) in [6, 6.07) is 28.5. The first-order valence-electron chi connectivity index (χ1n) is 13.8. The molecule has 0 spiro atoms. The summed E-state index contributed by atoms with van der Waals surface area (Å²) >= 11 is 0. The number of nitrogens with zero attached hydrogens (tertiary/aromatic N) is 3. The maximum Gasteiger partial charge on any atom is 0.294 e. The van der Waals surface area contributed by atoms with Gasteiger partial charge in [0.05, 0.1) is 25.0 Å². The number of para-hydroxylation sites is 4. The molecule has 1 saturated heterocycles. The number of anilines is 2. The van der Waals surface area contributed by atoms with Crippen molar-refractivity contribution < 1.29 is 23.5 Å². The Hall–Kier alpha value is -5.11. The Morgan fingerprint density at radius 2 is 1.60 bits per heavy atom. The van der Waals surface area contributed by atoms with Crippen molar-refractivity contribution in [2.24, 2.45) is 0 Å². The van der Waals surface area contributed by atoms with Gasteiger partial charge in [-0.1, -0.05) is 48.5 Å². The number of rotatable bonds is 6. The van der Waals surface area contributed by atoms with Crippen LogP contribution >= 0.6 is 0 Å². The molecule has 4 aromatic carbocycles. The van der Waals surface area contributed by atoms with E-state index in [1.54, 1.807) is 66.6 Å². The second-order valence-electron chi connectivity index (χ2n) is 10.2. The zero-order chi connectivity index (χ0) is 29.1. The van der Waals surface area contributed by atoms with Crippen LogP contribution in [0.4, 0.5) is 15.8 Å². The molecule has 8 heteroatoms. The van der Waals surface area contributed by atoms with Crippen molar-refractivity contribution in [1.29, 1.82) is 0 Å². The largest absolute Gasteiger partial charge is 0.495 e. The summed E-state index contributed by atoms with van der Waals surface area (Å²) in [6.45, 7) is 2.83. The molecule has 0 unspecified atom stereocenters. The first-order valence-corrected chi connectivity index (χ1v) is 13.8. The van der Waals surface area contributed by atoms with Crippen LogP contribution in [-0.4, -0.2) is 50.0 Å². The van der Waals surface area contributed by atoms with Gasteiger partial charge in [-0.3, -0.25) is 14.5 Å². The van der Waals surface area contributed by atoms with Crippen LogP contribution in [0, 0.1) is 5.82 Å². The summed E-state index contributed by atoms with van der Waals surface area (Å²) in [5.41, 5.74) is 3.63. The van der Waals surface area contributed by atoms with Gasteiger partial charge in [-0.15, -0.1) is 0 Å². The summed E-state index contributed by atoms with van der Waals surface area (Å²) in [5, 5.41) is 0. The molecule has 2 aliphatic heterocycles. The lowest BCUT2D eigenvalue weighted by Gasteiger charge is -2.36. The number of benzene rings is 4. The van der Waals surface area contributed by atoms with Crippen LogP contribution < -0.4 is 19.3 Å². The van der Waals surface area contributed by atoms with Crippen LogP contribution in [0.5, 0.6) is 11.5 Å². The minimum Gasteiger partial charge on any atom is -0.495 e. The van der Waals surface area contributed by atoms with Gasteiger partial charge >= 0.3 is 0 Å². The van der Waals surface area contributed by atoms with Crippen LogP contribution in [0.2, 0.25) is 0 Å². The van der Waals surface area contributed by atoms with E-state index < -0.39 is 0 Å². The van der Waals surface area contributed by atoms with Crippen molar-refractivity contribution >= 4 is 29.3 Å². The van der Waals surface area contributed by atoms with E-state index in [1.807, 2.05) is 41.3 Å². The Bertz CT molecular complexity index is 1640. The van der Waals surface area contributed by atoms with Crippen LogP contribution in [0.15, 0.2) is 103 Å². The third-order valence-electron chi connectivity index (χ3n) is 7.51. The molecule has 0 N–H and O–H groups in total. The zero-order valence-corrected chi connectivity index (χ0v) is 23.2. The minimum atomic E-state index is -0.356. The number of amides is 2. The number of methoxy groups -OCH3 is 1. The number of piperazine rings is 1. The Balaban J connectivity index is 1.15. The van der Waals surface area contributed by atoms with Gasteiger partial charge in [0.15, 0.2) is 11.5 Å². The molecule has 1 fully saturated rings. The van der Waals surface area contributed by atoms with E-state index in [-0.39, 0.29) is 29.9 Å². The van der Waals surface area contributed by atoms with E-state index in [2.05, 4.69) is 4.90 Å². The van der Waals surface area contributed by atoms with Crippen LogP contribution in [0.3, 0.4) is 0 Å². The summed E-state index contributed by atoms with van der Waals surface area (Å²) in [4.78, 5) is 32.4. The molecule has 6 rings (SSSR count). The SMILES string of the molecule is COc1ccccc1N1CCN(C(=O)c2ccc(/C=C3\Oc4ccccc4N(Cc4cccc(F)c4)C3=O)cc2)CC1. The Morgan fingerprint density at radius 1 is 0.881 bits per heavy atom. The quantitative estimate of drug-likeness (QED) is 0.279. The highest BCUT2D eigenvalue weighted by atomic mass is 19.1. The van der Waals surface area contributed by atoms with E-state index in [9.17, 15) is 14.0 Å². The van der Waals surface area contributed by atoms with Gasteiger partial charge in [0, 0.05) is 31.7 Å². The topological polar surface area (TPSA) is 62.3 Å². The summed E-state index contributed by atoms with van der Waals surface area (Å²) in [6.07, 6.45) is 1.66. The number of hydrogen-bond acceptors (Lipinski definition) is 5. The van der Waals surface area contributed by atoms with Crippen molar-refractivity contribution in [3.63, 3.8) is 0 Å². The number of carbonyl (C=O) groups excluding carboxylic acids is 2. The van der Waals surface area contributed by atoms with E-state index in [0.717, 1.165) is 17.0 Å². The van der Waals surface area contributed by atoms with Crippen molar-refractivity contribution in [3.05, 3.63) is 125 Å². The predicted molar refractivity (Wildman–Crippen MR) is 160 cm³/mol. The highest BCUT2D eigenvalue weighted by Crippen LogP contribution is 2.36. The van der Waals surface area contributed by atoms with Gasteiger partial charge in [-0.2, -0.15) is 0 Å². The van der Waals surface area contributed by atoms with E-state index in [0.29, 0.717) is 48.7 Å². The average molecular weight is 564 g/mol. The molecule has 4 aromatic rings. The van der Waals surface area contributed by atoms with Gasteiger partial charge in [-0.05, 0) is 65.7 Å². The molecule has 0 bridgehead atoms. The first kappa shape index (κ1) is 27.1. The van der Waals surface area contributed by atoms with E-state index in [4.69, 9.17) is 9.47 Å². The summed E-state index contributed by atoms with van der Waals surface area (Å²) < 4.78 is 25.3.